The number of nitrogens with zero attached hydrogens (tertiary/aromatic N) is 2. The van der Waals surface area contributed by atoms with E-state index < -0.39 is 6.10 Å². The summed E-state index contributed by atoms with van der Waals surface area (Å²) in [5.41, 5.74) is 0.869. The van der Waals surface area contributed by atoms with Gasteiger partial charge in [0.15, 0.2) is 0 Å². The lowest BCUT2D eigenvalue weighted by atomic mass is 9.97. The maximum atomic E-state index is 12.3. The van der Waals surface area contributed by atoms with Crippen molar-refractivity contribution in [2.75, 3.05) is 13.1 Å². The largest absolute Gasteiger partial charge is 0.390 e. The monoisotopic (exact) mass is 316 g/mol. The number of amides is 2. The van der Waals surface area contributed by atoms with E-state index in [2.05, 4.69) is 18.7 Å². The number of imide groups is 1. The lowest BCUT2D eigenvalue weighted by Gasteiger charge is -2.40. The summed E-state index contributed by atoms with van der Waals surface area (Å²) in [7, 11) is 0. The molecular weight excluding hydrogens is 292 g/mol. The number of hydrogen-bond acceptors (Lipinski definition) is 4. The van der Waals surface area contributed by atoms with Gasteiger partial charge in [0.2, 0.25) is 0 Å². The molecule has 1 saturated heterocycles. The molecule has 1 aromatic carbocycles. The number of rotatable bonds is 4. The molecule has 5 heteroatoms. The highest BCUT2D eigenvalue weighted by atomic mass is 16.3. The van der Waals surface area contributed by atoms with Crippen LogP contribution in [0.4, 0.5) is 0 Å². The number of fused-ring (bicyclic) bond motifs is 1. The second-order valence-corrected chi connectivity index (χ2v) is 6.75. The van der Waals surface area contributed by atoms with E-state index in [4.69, 9.17) is 0 Å². The maximum Gasteiger partial charge on any atom is 0.261 e. The van der Waals surface area contributed by atoms with Crippen molar-refractivity contribution in [3.63, 3.8) is 0 Å². The van der Waals surface area contributed by atoms with Crippen LogP contribution in [0, 0.1) is 0 Å². The van der Waals surface area contributed by atoms with Gasteiger partial charge in [-0.3, -0.25) is 19.4 Å². The molecule has 0 radical (unpaired) electrons. The summed E-state index contributed by atoms with van der Waals surface area (Å²) in [6.45, 7) is 4.90. The van der Waals surface area contributed by atoms with Crippen LogP contribution in [0.1, 0.15) is 53.8 Å². The zero-order valence-electron chi connectivity index (χ0n) is 13.7. The minimum Gasteiger partial charge on any atom is -0.390 e. The minimum absolute atomic E-state index is 0.0578. The van der Waals surface area contributed by atoms with Gasteiger partial charge in [0, 0.05) is 18.6 Å². The lowest BCUT2D eigenvalue weighted by Crippen LogP contribution is -2.50. The van der Waals surface area contributed by atoms with Crippen LogP contribution in [0.3, 0.4) is 0 Å². The van der Waals surface area contributed by atoms with E-state index in [9.17, 15) is 14.7 Å². The van der Waals surface area contributed by atoms with Crippen LogP contribution in [0.2, 0.25) is 0 Å². The predicted molar refractivity (Wildman–Crippen MR) is 87.3 cm³/mol. The highest BCUT2D eigenvalue weighted by Gasteiger charge is 2.37. The van der Waals surface area contributed by atoms with Crippen LogP contribution in [0.15, 0.2) is 24.3 Å². The van der Waals surface area contributed by atoms with E-state index in [1.165, 1.54) is 11.3 Å². The van der Waals surface area contributed by atoms with Crippen LogP contribution in [0.25, 0.3) is 0 Å². The third kappa shape index (κ3) is 3.03. The Morgan fingerprint density at radius 2 is 1.57 bits per heavy atom. The number of likely N-dealkylation sites (tertiary alicyclic amines) is 1. The average molecular weight is 316 g/mol. The van der Waals surface area contributed by atoms with Gasteiger partial charge in [-0.1, -0.05) is 18.6 Å². The summed E-state index contributed by atoms with van der Waals surface area (Å²) in [4.78, 5) is 28.1. The van der Waals surface area contributed by atoms with Crippen molar-refractivity contribution in [2.45, 2.75) is 51.3 Å². The molecule has 3 rings (SSSR count). The van der Waals surface area contributed by atoms with Gasteiger partial charge < -0.3 is 5.11 Å². The Bertz CT molecular complexity index is 571. The number of piperidine rings is 1. The topological polar surface area (TPSA) is 60.9 Å². The van der Waals surface area contributed by atoms with Gasteiger partial charge in [-0.15, -0.1) is 0 Å². The fourth-order valence-electron chi connectivity index (χ4n) is 3.75. The molecule has 2 aliphatic heterocycles. The third-order valence-corrected chi connectivity index (χ3v) is 5.07. The quantitative estimate of drug-likeness (QED) is 0.862. The molecule has 0 aliphatic carbocycles. The minimum atomic E-state index is -0.722. The number of carbonyl (C=O) groups is 2. The molecule has 124 valence electrons. The molecule has 0 aromatic heterocycles. The van der Waals surface area contributed by atoms with Crippen molar-refractivity contribution in [3.8, 4) is 0 Å². The fourth-order valence-corrected chi connectivity index (χ4v) is 3.75. The average Bonchev–Trinajstić information content (AvgIpc) is 2.77. The van der Waals surface area contributed by atoms with Crippen molar-refractivity contribution in [2.24, 2.45) is 0 Å². The first-order valence-electron chi connectivity index (χ1n) is 8.38. The zero-order valence-corrected chi connectivity index (χ0v) is 13.7. The summed E-state index contributed by atoms with van der Waals surface area (Å²) >= 11 is 0. The number of hydrogen-bond donors (Lipinski definition) is 1. The summed E-state index contributed by atoms with van der Waals surface area (Å²) in [5, 5.41) is 10.4. The van der Waals surface area contributed by atoms with E-state index in [0.717, 1.165) is 12.8 Å². The second-order valence-electron chi connectivity index (χ2n) is 6.75. The third-order valence-electron chi connectivity index (χ3n) is 5.07. The first-order chi connectivity index (χ1) is 11.0. The van der Waals surface area contributed by atoms with Gasteiger partial charge in [0.05, 0.1) is 23.8 Å². The van der Waals surface area contributed by atoms with Crippen molar-refractivity contribution in [1.29, 1.82) is 0 Å². The molecule has 0 spiro atoms. The Hall–Kier alpha value is -1.72. The maximum absolute atomic E-state index is 12.3. The number of aliphatic hydroxyl groups is 1. The number of benzene rings is 1. The first kappa shape index (κ1) is 16.1. The normalized spacial score (nSPS) is 26.5. The lowest BCUT2D eigenvalue weighted by molar-refractivity contribution is 0.0240. The van der Waals surface area contributed by atoms with Gasteiger partial charge in [0.1, 0.15) is 0 Å². The van der Waals surface area contributed by atoms with Crippen LogP contribution in [-0.4, -0.2) is 58.0 Å². The molecule has 0 saturated carbocycles. The first-order valence-corrected chi connectivity index (χ1v) is 8.38. The predicted octanol–water partition coefficient (Wildman–Crippen LogP) is 1.91. The van der Waals surface area contributed by atoms with E-state index in [1.54, 1.807) is 24.3 Å². The van der Waals surface area contributed by atoms with Crippen LogP contribution < -0.4 is 0 Å². The van der Waals surface area contributed by atoms with Crippen molar-refractivity contribution in [1.82, 2.24) is 9.80 Å². The standard InChI is InChI=1S/C18H24N2O3/c1-12-6-5-7-13(2)19(12)10-14(21)11-20-17(22)15-8-3-4-9-16(15)18(20)23/h3-4,8-9,12-14,21H,5-7,10-11H2,1-2H3/t12?,13?,14-/m1/s1. The molecule has 1 aromatic rings. The van der Waals surface area contributed by atoms with Gasteiger partial charge in [-0.25, -0.2) is 0 Å². The van der Waals surface area contributed by atoms with Gasteiger partial charge >= 0.3 is 0 Å². The van der Waals surface area contributed by atoms with E-state index in [1.807, 2.05) is 0 Å². The molecule has 2 amide bonds. The van der Waals surface area contributed by atoms with Gasteiger partial charge in [-0.05, 0) is 38.8 Å². The molecular formula is C18H24N2O3. The number of β-amino-alcohol motifs (C(OH)–C–C–N with tert-alkyl or cyclic N) is 1. The van der Waals surface area contributed by atoms with E-state index in [-0.39, 0.29) is 18.4 Å². The second kappa shape index (κ2) is 6.42. The molecule has 1 N–H and O–H groups in total. The molecule has 3 atom stereocenters. The summed E-state index contributed by atoms with van der Waals surface area (Å²) in [6, 6.07) is 7.68. The molecule has 0 bridgehead atoms. The Morgan fingerprint density at radius 1 is 1.04 bits per heavy atom. The summed E-state index contributed by atoms with van der Waals surface area (Å²) < 4.78 is 0. The van der Waals surface area contributed by atoms with Gasteiger partial charge in [-0.2, -0.15) is 0 Å². The molecule has 2 heterocycles. The van der Waals surface area contributed by atoms with Crippen molar-refractivity contribution >= 4 is 11.8 Å². The van der Waals surface area contributed by atoms with Gasteiger partial charge in [0.25, 0.3) is 11.8 Å². The highest BCUT2D eigenvalue weighted by Crippen LogP contribution is 2.25. The van der Waals surface area contributed by atoms with Crippen LogP contribution >= 0.6 is 0 Å². The van der Waals surface area contributed by atoms with E-state index in [0.29, 0.717) is 29.8 Å². The SMILES string of the molecule is CC1CCCC(C)N1C[C@@H](O)CN1C(=O)c2ccccc2C1=O. The van der Waals surface area contributed by atoms with Crippen molar-refractivity contribution < 1.29 is 14.7 Å². The van der Waals surface area contributed by atoms with Crippen LogP contribution in [-0.2, 0) is 0 Å². The Kier molecular flexibility index (Phi) is 4.50. The highest BCUT2D eigenvalue weighted by molar-refractivity contribution is 6.21. The fraction of sp³-hybridized carbons (Fsp3) is 0.556. The summed E-state index contributed by atoms with van der Waals surface area (Å²) in [5.74, 6) is -0.603. The number of aliphatic hydroxyl groups excluding tert-OH is 1. The Morgan fingerprint density at radius 3 is 2.09 bits per heavy atom. The zero-order chi connectivity index (χ0) is 16.6. The van der Waals surface area contributed by atoms with Crippen LogP contribution in [0.5, 0.6) is 0 Å². The molecule has 2 unspecified atom stereocenters. The molecule has 23 heavy (non-hydrogen) atoms. The smallest absolute Gasteiger partial charge is 0.261 e. The molecule has 5 nitrogen and oxygen atoms in total. The van der Waals surface area contributed by atoms with E-state index >= 15 is 0 Å². The Balaban J connectivity index is 1.66. The molecule has 1 fully saturated rings. The number of carbonyl (C=O) groups excluding carboxylic acids is 2. The molecule has 2 aliphatic rings. The Labute approximate surface area is 136 Å². The van der Waals surface area contributed by atoms with Crippen molar-refractivity contribution in [3.05, 3.63) is 35.4 Å². The summed E-state index contributed by atoms with van der Waals surface area (Å²) in [6.07, 6.45) is 2.75.